The maximum absolute atomic E-state index is 2.27. The monoisotopic (exact) mass is 154 g/mol. The van der Waals surface area contributed by atoms with Crippen LogP contribution < -0.4 is 0 Å². The Morgan fingerprint density at radius 2 is 2.44 bits per heavy atom. The lowest BCUT2D eigenvalue weighted by Crippen LogP contribution is -1.76. The molecule has 0 radical (unpaired) electrons. The van der Waals surface area contributed by atoms with Crippen molar-refractivity contribution < 1.29 is 0 Å². The van der Waals surface area contributed by atoms with E-state index in [2.05, 4.69) is 23.0 Å². The third-order valence-electron chi connectivity index (χ3n) is 1.33. The summed E-state index contributed by atoms with van der Waals surface area (Å²) in [5.74, 6) is 1.16. The molecule has 0 aliphatic carbocycles. The predicted molar refractivity (Wildman–Crippen MR) is 45.4 cm³/mol. The summed E-state index contributed by atoms with van der Waals surface area (Å²) < 4.78 is 0. The average molecular weight is 154 g/mol. The summed E-state index contributed by atoms with van der Waals surface area (Å²) in [6.07, 6.45) is 4.45. The van der Waals surface area contributed by atoms with Gasteiger partial charge in [-0.3, -0.25) is 0 Å². The molecule has 0 atom stereocenters. The van der Waals surface area contributed by atoms with Gasteiger partial charge >= 0.3 is 0 Å². The smallest absolute Gasteiger partial charge is 0.0211 e. The van der Waals surface area contributed by atoms with Crippen LogP contribution in [0.15, 0.2) is 33.4 Å². The highest BCUT2D eigenvalue weighted by molar-refractivity contribution is 8.08. The van der Waals surface area contributed by atoms with Crippen molar-refractivity contribution in [3.8, 4) is 0 Å². The number of hydrogen-bond donors (Lipinski definition) is 0. The molecule has 0 unspecified atom stereocenters. The van der Waals surface area contributed by atoms with Crippen molar-refractivity contribution in [1.29, 1.82) is 0 Å². The summed E-state index contributed by atoms with van der Waals surface area (Å²) in [4.78, 5) is 1.45. The van der Waals surface area contributed by atoms with Crippen molar-refractivity contribution >= 4 is 23.5 Å². The first-order valence-electron chi connectivity index (χ1n) is 2.82. The van der Waals surface area contributed by atoms with Crippen LogP contribution in [0.2, 0.25) is 0 Å². The van der Waals surface area contributed by atoms with Gasteiger partial charge in [0.1, 0.15) is 0 Å². The molecule has 2 heteroatoms. The highest BCUT2D eigenvalue weighted by atomic mass is 32.2. The molecule has 46 valence electrons. The fourth-order valence-corrected chi connectivity index (χ4v) is 2.63. The highest BCUT2D eigenvalue weighted by Gasteiger charge is 2.10. The van der Waals surface area contributed by atoms with E-state index in [4.69, 9.17) is 0 Å². The van der Waals surface area contributed by atoms with Gasteiger partial charge in [0.25, 0.3) is 0 Å². The minimum atomic E-state index is 1.16. The van der Waals surface area contributed by atoms with Crippen LogP contribution in [0, 0.1) is 0 Å². The summed E-state index contributed by atoms with van der Waals surface area (Å²) in [7, 11) is 0. The molecule has 0 nitrogen and oxygen atoms in total. The minimum absolute atomic E-state index is 1.16. The van der Waals surface area contributed by atoms with Crippen molar-refractivity contribution in [3.05, 3.63) is 33.4 Å². The van der Waals surface area contributed by atoms with Gasteiger partial charge in [0, 0.05) is 10.7 Å². The van der Waals surface area contributed by atoms with Crippen molar-refractivity contribution in [2.75, 3.05) is 5.75 Å². The Morgan fingerprint density at radius 1 is 1.44 bits per heavy atom. The standard InChI is InChI=1S/C7H6S2/c1-3-8-5-7-6(1)2-4-9-7/h1-3,5H,4H2. The quantitative estimate of drug-likeness (QED) is 0.526. The van der Waals surface area contributed by atoms with Gasteiger partial charge < -0.3 is 0 Å². The highest BCUT2D eigenvalue weighted by Crippen LogP contribution is 2.37. The van der Waals surface area contributed by atoms with Gasteiger partial charge in [-0.05, 0) is 22.5 Å². The molecule has 2 heterocycles. The lowest BCUT2D eigenvalue weighted by atomic mass is 10.2. The topological polar surface area (TPSA) is 0 Å². The maximum atomic E-state index is 2.27. The first-order valence-corrected chi connectivity index (χ1v) is 4.75. The van der Waals surface area contributed by atoms with Crippen molar-refractivity contribution in [1.82, 2.24) is 0 Å². The van der Waals surface area contributed by atoms with Crippen molar-refractivity contribution in [2.45, 2.75) is 0 Å². The Kier molecular flexibility index (Phi) is 1.44. The van der Waals surface area contributed by atoms with E-state index in [-0.39, 0.29) is 0 Å². The minimum Gasteiger partial charge on any atom is -0.121 e. The van der Waals surface area contributed by atoms with Crippen LogP contribution in [0.25, 0.3) is 0 Å². The number of hydrogen-bond acceptors (Lipinski definition) is 2. The van der Waals surface area contributed by atoms with E-state index >= 15 is 0 Å². The predicted octanol–water partition coefficient (Wildman–Crippen LogP) is 2.76. The van der Waals surface area contributed by atoms with E-state index in [0.29, 0.717) is 0 Å². The SMILES string of the molecule is C1=CC2=CCSC2=CS1. The lowest BCUT2D eigenvalue weighted by molar-refractivity contribution is 1.66. The molecule has 0 fully saturated rings. The second-order valence-corrected chi connectivity index (χ2v) is 3.73. The molecular weight excluding hydrogens is 148 g/mol. The van der Waals surface area contributed by atoms with Crippen LogP contribution in [-0.4, -0.2) is 5.75 Å². The second kappa shape index (κ2) is 2.27. The average Bonchev–Trinajstić information content (AvgIpc) is 2.33. The summed E-state index contributed by atoms with van der Waals surface area (Å²) in [6, 6.07) is 0. The Morgan fingerprint density at radius 3 is 3.33 bits per heavy atom. The van der Waals surface area contributed by atoms with Gasteiger partial charge in [-0.15, -0.1) is 23.5 Å². The van der Waals surface area contributed by atoms with Gasteiger partial charge in [-0.25, -0.2) is 0 Å². The molecule has 2 aliphatic rings. The first kappa shape index (κ1) is 5.69. The second-order valence-electron chi connectivity index (χ2n) is 1.89. The zero-order valence-corrected chi connectivity index (χ0v) is 6.47. The molecule has 9 heavy (non-hydrogen) atoms. The molecule has 0 saturated heterocycles. The zero-order chi connectivity index (χ0) is 6.10. The lowest BCUT2D eigenvalue weighted by Gasteiger charge is -2.01. The molecule has 2 aliphatic heterocycles. The number of rotatable bonds is 0. The van der Waals surface area contributed by atoms with Gasteiger partial charge in [-0.1, -0.05) is 6.08 Å². The Bertz CT molecular complexity index is 211. The molecule has 0 saturated carbocycles. The van der Waals surface area contributed by atoms with Gasteiger partial charge in [-0.2, -0.15) is 0 Å². The maximum Gasteiger partial charge on any atom is 0.0211 e. The van der Waals surface area contributed by atoms with Gasteiger partial charge in [0.15, 0.2) is 0 Å². The Balaban J connectivity index is 2.37. The first-order chi connectivity index (χ1) is 4.47. The summed E-state index contributed by atoms with van der Waals surface area (Å²) >= 11 is 3.69. The molecule has 0 spiro atoms. The number of allylic oxidation sites excluding steroid dienone is 2. The van der Waals surface area contributed by atoms with Crippen LogP contribution in [0.5, 0.6) is 0 Å². The van der Waals surface area contributed by atoms with E-state index < -0.39 is 0 Å². The molecule has 2 rings (SSSR count). The third-order valence-corrected chi connectivity index (χ3v) is 3.14. The van der Waals surface area contributed by atoms with E-state index in [9.17, 15) is 0 Å². The van der Waals surface area contributed by atoms with Crippen LogP contribution in [0.1, 0.15) is 0 Å². The van der Waals surface area contributed by atoms with E-state index in [0.717, 1.165) is 5.75 Å². The third kappa shape index (κ3) is 0.970. The Labute approximate surface area is 63.1 Å². The fraction of sp³-hybridized carbons (Fsp3) is 0.143. The molecule has 0 aromatic heterocycles. The van der Waals surface area contributed by atoms with Crippen LogP contribution in [-0.2, 0) is 0 Å². The molecule has 0 aromatic carbocycles. The molecular formula is C7H6S2. The summed E-state index contributed by atoms with van der Waals surface area (Å²) in [5, 5.41) is 4.34. The van der Waals surface area contributed by atoms with E-state index in [1.807, 2.05) is 11.8 Å². The fourth-order valence-electron chi connectivity index (χ4n) is 0.871. The van der Waals surface area contributed by atoms with E-state index in [1.54, 1.807) is 11.8 Å². The van der Waals surface area contributed by atoms with Crippen molar-refractivity contribution in [2.24, 2.45) is 0 Å². The Hall–Kier alpha value is -0.0800. The molecule has 0 N–H and O–H groups in total. The normalized spacial score (nSPS) is 23.1. The largest absolute Gasteiger partial charge is 0.121 e. The molecule has 0 amide bonds. The number of fused-ring (bicyclic) bond motifs is 1. The molecule has 0 bridgehead atoms. The van der Waals surface area contributed by atoms with Crippen LogP contribution in [0.3, 0.4) is 0 Å². The van der Waals surface area contributed by atoms with Crippen LogP contribution >= 0.6 is 23.5 Å². The van der Waals surface area contributed by atoms with Gasteiger partial charge in [0.2, 0.25) is 0 Å². The van der Waals surface area contributed by atoms with Gasteiger partial charge in [0.05, 0.1) is 0 Å². The summed E-state index contributed by atoms with van der Waals surface area (Å²) in [5.41, 5.74) is 1.42. The summed E-state index contributed by atoms with van der Waals surface area (Å²) in [6.45, 7) is 0. The zero-order valence-electron chi connectivity index (χ0n) is 4.83. The van der Waals surface area contributed by atoms with Crippen molar-refractivity contribution in [3.63, 3.8) is 0 Å². The number of thioether (sulfide) groups is 2. The molecule has 0 aromatic rings. The van der Waals surface area contributed by atoms with Crippen LogP contribution in [0.4, 0.5) is 0 Å². The van der Waals surface area contributed by atoms with E-state index in [1.165, 1.54) is 10.5 Å².